The van der Waals surface area contributed by atoms with Crippen molar-refractivity contribution in [2.45, 2.75) is 110 Å². The number of carbonyl (C=O) groups is 1. The third-order valence-electron chi connectivity index (χ3n) is 7.36. The molecule has 1 saturated heterocycles. The Hall–Kier alpha value is -0.940. The number of unbranched alkanes of at least 4 members (excludes halogenated alkanes) is 12. The molecule has 1 unspecified atom stereocenters. The molecule has 5 heteroatoms. The summed E-state index contributed by atoms with van der Waals surface area (Å²) in [4.78, 5) is 14.8. The number of rotatable bonds is 16. The lowest BCUT2D eigenvalue weighted by atomic mass is 10.0. The number of hydrogen-bond acceptors (Lipinski definition) is 1. The highest BCUT2D eigenvalue weighted by atomic mass is 79.9. The van der Waals surface area contributed by atoms with Crippen LogP contribution in [-0.2, 0) is 11.3 Å². The summed E-state index contributed by atoms with van der Waals surface area (Å²) >= 11 is 0. The summed E-state index contributed by atoms with van der Waals surface area (Å²) in [6.45, 7) is 6.95. The number of hydrogen-bond donors (Lipinski definition) is 0. The maximum absolute atomic E-state index is 13.2. The number of carbonyl (C=O) groups excluding carboxylic acids is 1. The van der Waals surface area contributed by atoms with Gasteiger partial charge < -0.3 is 26.4 Å². The Labute approximate surface area is 219 Å². The molecule has 2 rings (SSSR count). The van der Waals surface area contributed by atoms with Gasteiger partial charge in [0.1, 0.15) is 12.4 Å². The van der Waals surface area contributed by atoms with E-state index in [1.54, 1.807) is 12.1 Å². The molecule has 0 spiro atoms. The highest BCUT2D eigenvalue weighted by Gasteiger charge is 2.28. The van der Waals surface area contributed by atoms with Gasteiger partial charge in [0.05, 0.1) is 26.7 Å². The molecule has 1 heterocycles. The second-order valence-electron chi connectivity index (χ2n) is 10.6. The molecule has 0 aromatic heterocycles. The predicted molar refractivity (Wildman–Crippen MR) is 138 cm³/mol. The lowest BCUT2D eigenvalue weighted by molar-refractivity contribution is -0.920. The van der Waals surface area contributed by atoms with Gasteiger partial charge in [-0.15, -0.1) is 0 Å². The van der Waals surface area contributed by atoms with Crippen molar-refractivity contribution >= 4 is 5.91 Å². The molecule has 0 saturated carbocycles. The number of likely N-dealkylation sites (N-methyl/N-ethyl adjacent to an activating group) is 1. The molecule has 1 aliphatic rings. The molecule has 1 fully saturated rings. The van der Waals surface area contributed by atoms with Gasteiger partial charge in [0.25, 0.3) is 0 Å². The van der Waals surface area contributed by atoms with Gasteiger partial charge in [0.2, 0.25) is 5.91 Å². The summed E-state index contributed by atoms with van der Waals surface area (Å²) in [5.41, 5.74) is 1.17. The van der Waals surface area contributed by atoms with Crippen LogP contribution in [0, 0.1) is 5.82 Å². The molecular weight excluding hydrogens is 491 g/mol. The van der Waals surface area contributed by atoms with Crippen molar-refractivity contribution in [3.05, 3.63) is 35.6 Å². The van der Waals surface area contributed by atoms with E-state index in [2.05, 4.69) is 18.9 Å². The Kier molecular flexibility index (Phi) is 16.8. The lowest BCUT2D eigenvalue weighted by Gasteiger charge is -2.33. The van der Waals surface area contributed by atoms with Crippen molar-refractivity contribution in [3.63, 3.8) is 0 Å². The fourth-order valence-corrected chi connectivity index (χ4v) is 5.12. The van der Waals surface area contributed by atoms with Gasteiger partial charge in [-0.2, -0.15) is 0 Å². The molecule has 0 N–H and O–H groups in total. The lowest BCUT2D eigenvalue weighted by Crippen LogP contribution is -3.00. The Morgan fingerprint density at radius 3 is 1.91 bits per heavy atom. The van der Waals surface area contributed by atoms with Crippen LogP contribution in [0.15, 0.2) is 24.3 Å². The quantitative estimate of drug-likeness (QED) is 0.223. The molecule has 0 radical (unpaired) electrons. The smallest absolute Gasteiger partial charge is 0.222 e. The van der Waals surface area contributed by atoms with Gasteiger partial charge in [0.15, 0.2) is 0 Å². The van der Waals surface area contributed by atoms with Gasteiger partial charge in [0, 0.05) is 24.9 Å². The number of benzene rings is 1. The third-order valence-corrected chi connectivity index (χ3v) is 7.36. The van der Waals surface area contributed by atoms with Gasteiger partial charge in [-0.05, 0) is 18.6 Å². The van der Waals surface area contributed by atoms with E-state index >= 15 is 0 Å². The Morgan fingerprint density at radius 2 is 1.35 bits per heavy atom. The monoisotopic (exact) mass is 540 g/mol. The largest absolute Gasteiger partial charge is 1.00 e. The van der Waals surface area contributed by atoms with Crippen LogP contribution in [0.25, 0.3) is 0 Å². The molecule has 3 nitrogen and oxygen atoms in total. The Bertz CT molecular complexity index is 654. The number of halogens is 2. The summed E-state index contributed by atoms with van der Waals surface area (Å²) in [5, 5.41) is 0. The van der Waals surface area contributed by atoms with Crippen LogP contribution >= 0.6 is 0 Å². The molecule has 196 valence electrons. The number of nitrogens with zero attached hydrogens (tertiary/aromatic N) is 2. The normalized spacial score (nSPS) is 18.4. The molecule has 1 aromatic carbocycles. The predicted octanol–water partition coefficient (Wildman–Crippen LogP) is 4.49. The fourth-order valence-electron chi connectivity index (χ4n) is 5.12. The first-order valence-electron chi connectivity index (χ1n) is 13.9. The van der Waals surface area contributed by atoms with E-state index in [4.69, 9.17) is 0 Å². The Morgan fingerprint density at radius 1 is 0.824 bits per heavy atom. The maximum Gasteiger partial charge on any atom is 0.222 e. The minimum absolute atomic E-state index is 0. The first-order chi connectivity index (χ1) is 16.0. The van der Waals surface area contributed by atoms with Crippen LogP contribution in [0.5, 0.6) is 0 Å². The van der Waals surface area contributed by atoms with Crippen LogP contribution < -0.4 is 17.0 Å². The van der Waals surface area contributed by atoms with Crippen molar-refractivity contribution in [2.75, 3.05) is 33.2 Å². The average molecular weight is 542 g/mol. The standard InChI is InChI=1S/C29H50FN2O.BrH/c1-3-4-5-6-7-8-9-10-11-12-13-14-15-17-29(33)31-22-16-24-32(2,25-23-31)26-27-18-20-28(30)21-19-27;/h18-21H,3-17,22-26H2,1-2H3;1H/q+1;/p-1. The van der Waals surface area contributed by atoms with Crippen LogP contribution in [0.4, 0.5) is 4.39 Å². The van der Waals surface area contributed by atoms with Gasteiger partial charge >= 0.3 is 0 Å². The van der Waals surface area contributed by atoms with Crippen LogP contribution in [0.3, 0.4) is 0 Å². The second-order valence-corrected chi connectivity index (χ2v) is 10.6. The second kappa shape index (κ2) is 18.3. The van der Waals surface area contributed by atoms with Crippen molar-refractivity contribution in [1.82, 2.24) is 4.90 Å². The average Bonchev–Trinajstić information content (AvgIpc) is 3.00. The van der Waals surface area contributed by atoms with Crippen molar-refractivity contribution in [1.29, 1.82) is 0 Å². The van der Waals surface area contributed by atoms with E-state index in [0.29, 0.717) is 12.3 Å². The van der Waals surface area contributed by atoms with Gasteiger partial charge in [-0.3, -0.25) is 4.79 Å². The Balaban J connectivity index is 0.00000578. The molecule has 1 atom stereocenters. The zero-order valence-electron chi connectivity index (χ0n) is 22.0. The van der Waals surface area contributed by atoms with Crippen molar-refractivity contribution in [2.24, 2.45) is 0 Å². The summed E-state index contributed by atoms with van der Waals surface area (Å²) in [5.74, 6) is 0.163. The summed E-state index contributed by atoms with van der Waals surface area (Å²) in [6.07, 6.45) is 19.1. The SMILES string of the molecule is CCCCCCCCCCCCCCCC(=O)N1CCC[N+](C)(Cc2ccc(F)cc2)CC1.[Br-]. The maximum atomic E-state index is 13.2. The van der Waals surface area contributed by atoms with Crippen molar-refractivity contribution in [3.8, 4) is 0 Å². The molecule has 1 aliphatic heterocycles. The molecular formula is C29H50BrFN2O. The molecule has 34 heavy (non-hydrogen) atoms. The van der Waals surface area contributed by atoms with E-state index in [1.165, 1.54) is 82.6 Å². The van der Waals surface area contributed by atoms with E-state index in [9.17, 15) is 9.18 Å². The van der Waals surface area contributed by atoms with Crippen LogP contribution in [-0.4, -0.2) is 48.5 Å². The summed E-state index contributed by atoms with van der Waals surface area (Å²) in [7, 11) is 2.27. The zero-order chi connectivity index (χ0) is 23.8. The molecule has 1 aromatic rings. The topological polar surface area (TPSA) is 20.3 Å². The summed E-state index contributed by atoms with van der Waals surface area (Å²) in [6, 6.07) is 6.87. The van der Waals surface area contributed by atoms with Crippen molar-refractivity contribution < 1.29 is 30.6 Å². The minimum atomic E-state index is -0.179. The van der Waals surface area contributed by atoms with E-state index in [1.807, 2.05) is 12.1 Å². The minimum Gasteiger partial charge on any atom is -1.00 e. The van der Waals surface area contributed by atoms with E-state index < -0.39 is 0 Å². The first-order valence-corrected chi connectivity index (χ1v) is 13.9. The highest BCUT2D eigenvalue weighted by molar-refractivity contribution is 5.76. The van der Waals surface area contributed by atoms with Gasteiger partial charge in [-0.1, -0.05) is 96.1 Å². The number of amides is 1. The fraction of sp³-hybridized carbons (Fsp3) is 0.759. The third kappa shape index (κ3) is 13.2. The highest BCUT2D eigenvalue weighted by Crippen LogP contribution is 2.18. The first kappa shape index (κ1) is 31.1. The van der Waals surface area contributed by atoms with Gasteiger partial charge in [-0.25, -0.2) is 4.39 Å². The van der Waals surface area contributed by atoms with E-state index in [-0.39, 0.29) is 22.8 Å². The molecule has 0 bridgehead atoms. The van der Waals surface area contributed by atoms with E-state index in [0.717, 1.165) is 50.0 Å². The molecule has 1 amide bonds. The van der Waals surface area contributed by atoms with Crippen LogP contribution in [0.2, 0.25) is 0 Å². The van der Waals surface area contributed by atoms with Crippen LogP contribution in [0.1, 0.15) is 109 Å². The zero-order valence-corrected chi connectivity index (χ0v) is 23.6. The number of quaternary nitrogens is 1. The molecule has 0 aliphatic carbocycles. The summed E-state index contributed by atoms with van der Waals surface area (Å²) < 4.78 is 14.1.